The Balaban J connectivity index is 2.69. The van der Waals surface area contributed by atoms with Crippen LogP contribution in [-0.2, 0) is 0 Å². The Bertz CT molecular complexity index is 382. The SMILES string of the molecule is CCCCC(CCC)Nc1nc(C)cc(OCCC)n1. The number of hydrogen-bond acceptors (Lipinski definition) is 4. The molecule has 20 heavy (non-hydrogen) atoms. The van der Waals surface area contributed by atoms with Gasteiger partial charge in [-0.05, 0) is 26.2 Å². The summed E-state index contributed by atoms with van der Waals surface area (Å²) in [5.74, 6) is 1.37. The first-order valence-electron chi connectivity index (χ1n) is 7.94. The third kappa shape index (κ3) is 6.22. The predicted octanol–water partition coefficient (Wildman–Crippen LogP) is 4.34. The molecule has 0 aliphatic heterocycles. The van der Waals surface area contributed by atoms with Crippen molar-refractivity contribution >= 4 is 5.95 Å². The Hall–Kier alpha value is -1.32. The third-order valence-corrected chi connectivity index (χ3v) is 3.16. The molecule has 0 saturated carbocycles. The minimum atomic E-state index is 0.459. The molecule has 0 bridgehead atoms. The van der Waals surface area contributed by atoms with E-state index in [2.05, 4.69) is 36.1 Å². The number of rotatable bonds is 10. The van der Waals surface area contributed by atoms with Crippen molar-refractivity contribution in [2.45, 2.75) is 72.3 Å². The Kier molecular flexibility index (Phi) is 8.00. The van der Waals surface area contributed by atoms with Crippen molar-refractivity contribution in [3.63, 3.8) is 0 Å². The van der Waals surface area contributed by atoms with E-state index in [0.717, 1.165) is 18.5 Å². The van der Waals surface area contributed by atoms with Gasteiger partial charge in [-0.2, -0.15) is 4.98 Å². The van der Waals surface area contributed by atoms with Gasteiger partial charge in [0.15, 0.2) is 0 Å². The highest BCUT2D eigenvalue weighted by Gasteiger charge is 2.10. The van der Waals surface area contributed by atoms with E-state index in [4.69, 9.17) is 4.74 Å². The van der Waals surface area contributed by atoms with Crippen molar-refractivity contribution in [3.8, 4) is 5.88 Å². The van der Waals surface area contributed by atoms with Crippen LogP contribution in [0.15, 0.2) is 6.07 Å². The average Bonchev–Trinajstić information content (AvgIpc) is 2.42. The summed E-state index contributed by atoms with van der Waals surface area (Å²) in [7, 11) is 0. The van der Waals surface area contributed by atoms with Crippen LogP contribution in [-0.4, -0.2) is 22.6 Å². The maximum absolute atomic E-state index is 5.61. The molecule has 0 radical (unpaired) electrons. The van der Waals surface area contributed by atoms with Gasteiger partial charge in [-0.3, -0.25) is 0 Å². The van der Waals surface area contributed by atoms with Crippen LogP contribution in [0.2, 0.25) is 0 Å². The van der Waals surface area contributed by atoms with Gasteiger partial charge in [0.1, 0.15) is 0 Å². The van der Waals surface area contributed by atoms with Gasteiger partial charge in [-0.25, -0.2) is 4.98 Å². The lowest BCUT2D eigenvalue weighted by Gasteiger charge is -2.18. The van der Waals surface area contributed by atoms with Gasteiger partial charge in [-0.15, -0.1) is 0 Å². The zero-order chi connectivity index (χ0) is 14.8. The van der Waals surface area contributed by atoms with E-state index in [1.165, 1.54) is 25.7 Å². The maximum atomic E-state index is 5.61. The summed E-state index contributed by atoms with van der Waals surface area (Å²) in [4.78, 5) is 8.93. The topological polar surface area (TPSA) is 47.0 Å². The van der Waals surface area contributed by atoms with Gasteiger partial charge in [0, 0.05) is 17.8 Å². The molecular weight excluding hydrogens is 250 g/mol. The van der Waals surface area contributed by atoms with Gasteiger partial charge < -0.3 is 10.1 Å². The zero-order valence-corrected chi connectivity index (χ0v) is 13.4. The third-order valence-electron chi connectivity index (χ3n) is 3.16. The number of anilines is 1. The maximum Gasteiger partial charge on any atom is 0.226 e. The summed E-state index contributed by atoms with van der Waals surface area (Å²) in [5, 5.41) is 3.47. The first-order valence-corrected chi connectivity index (χ1v) is 7.94. The monoisotopic (exact) mass is 279 g/mol. The smallest absolute Gasteiger partial charge is 0.226 e. The number of unbranched alkanes of at least 4 members (excludes halogenated alkanes) is 1. The predicted molar refractivity (Wildman–Crippen MR) is 84.4 cm³/mol. The number of ether oxygens (including phenoxy) is 1. The van der Waals surface area contributed by atoms with E-state index in [9.17, 15) is 0 Å². The molecule has 0 saturated heterocycles. The molecule has 0 aromatic carbocycles. The molecule has 0 aliphatic rings. The molecule has 1 aromatic heterocycles. The lowest BCUT2D eigenvalue weighted by molar-refractivity contribution is 0.304. The molecule has 0 fully saturated rings. The molecule has 1 rings (SSSR count). The van der Waals surface area contributed by atoms with Crippen LogP contribution in [0.1, 0.15) is 65.0 Å². The molecule has 1 heterocycles. The highest BCUT2D eigenvalue weighted by Crippen LogP contribution is 2.16. The van der Waals surface area contributed by atoms with Crippen LogP contribution in [0.4, 0.5) is 5.95 Å². The van der Waals surface area contributed by atoms with Crippen LogP contribution >= 0.6 is 0 Å². The number of nitrogens with zero attached hydrogens (tertiary/aromatic N) is 2. The Morgan fingerprint density at radius 2 is 1.90 bits per heavy atom. The van der Waals surface area contributed by atoms with Crippen molar-refractivity contribution < 1.29 is 4.74 Å². The van der Waals surface area contributed by atoms with Gasteiger partial charge in [-0.1, -0.05) is 40.0 Å². The second kappa shape index (κ2) is 9.56. The van der Waals surface area contributed by atoms with Crippen LogP contribution in [0.3, 0.4) is 0 Å². The fourth-order valence-corrected chi connectivity index (χ4v) is 2.16. The number of aromatic nitrogens is 2. The summed E-state index contributed by atoms with van der Waals surface area (Å²) in [5.41, 5.74) is 0.944. The number of nitrogens with one attached hydrogen (secondary N) is 1. The molecule has 4 heteroatoms. The van der Waals surface area contributed by atoms with Crippen molar-refractivity contribution in [1.82, 2.24) is 9.97 Å². The average molecular weight is 279 g/mol. The summed E-state index contributed by atoms with van der Waals surface area (Å²) in [6.45, 7) is 9.21. The molecule has 0 spiro atoms. The zero-order valence-electron chi connectivity index (χ0n) is 13.4. The second-order valence-electron chi connectivity index (χ2n) is 5.29. The van der Waals surface area contributed by atoms with Crippen molar-refractivity contribution in [1.29, 1.82) is 0 Å². The summed E-state index contributed by atoms with van der Waals surface area (Å²) < 4.78 is 5.61. The fraction of sp³-hybridized carbons (Fsp3) is 0.750. The number of hydrogen-bond donors (Lipinski definition) is 1. The Morgan fingerprint density at radius 3 is 2.55 bits per heavy atom. The Labute approximate surface area is 123 Å². The molecule has 1 aromatic rings. The number of aryl methyl sites for hydroxylation is 1. The van der Waals surface area contributed by atoms with Gasteiger partial charge in [0.05, 0.1) is 6.61 Å². The molecule has 1 unspecified atom stereocenters. The lowest BCUT2D eigenvalue weighted by atomic mass is 10.1. The van der Waals surface area contributed by atoms with E-state index in [0.29, 0.717) is 24.5 Å². The molecule has 0 aliphatic carbocycles. The highest BCUT2D eigenvalue weighted by molar-refractivity contribution is 5.31. The Morgan fingerprint density at radius 1 is 1.10 bits per heavy atom. The summed E-state index contributed by atoms with van der Waals surface area (Å²) in [6.07, 6.45) is 6.95. The lowest BCUT2D eigenvalue weighted by Crippen LogP contribution is -2.21. The highest BCUT2D eigenvalue weighted by atomic mass is 16.5. The van der Waals surface area contributed by atoms with Crippen molar-refractivity contribution in [2.24, 2.45) is 0 Å². The molecule has 1 N–H and O–H groups in total. The fourth-order valence-electron chi connectivity index (χ4n) is 2.16. The van der Waals surface area contributed by atoms with Gasteiger partial charge in [0.2, 0.25) is 11.8 Å². The minimum absolute atomic E-state index is 0.459. The molecular formula is C16H29N3O. The van der Waals surface area contributed by atoms with Gasteiger partial charge >= 0.3 is 0 Å². The van der Waals surface area contributed by atoms with E-state index in [1.807, 2.05) is 13.0 Å². The van der Waals surface area contributed by atoms with E-state index in [1.54, 1.807) is 0 Å². The standard InChI is InChI=1S/C16H29N3O/c1-5-8-10-14(9-6-2)18-16-17-13(4)12-15(19-16)20-11-7-3/h12,14H,5-11H2,1-4H3,(H,17,18,19). The first kappa shape index (κ1) is 16.7. The van der Waals surface area contributed by atoms with Gasteiger partial charge in [0.25, 0.3) is 0 Å². The quantitative estimate of drug-likeness (QED) is 0.692. The normalized spacial score (nSPS) is 12.2. The van der Waals surface area contributed by atoms with Crippen LogP contribution in [0.5, 0.6) is 5.88 Å². The summed E-state index contributed by atoms with van der Waals surface area (Å²) in [6, 6.07) is 2.35. The van der Waals surface area contributed by atoms with Crippen LogP contribution in [0.25, 0.3) is 0 Å². The molecule has 114 valence electrons. The van der Waals surface area contributed by atoms with E-state index >= 15 is 0 Å². The molecule has 4 nitrogen and oxygen atoms in total. The van der Waals surface area contributed by atoms with Crippen molar-refractivity contribution in [3.05, 3.63) is 11.8 Å². The van der Waals surface area contributed by atoms with Crippen LogP contribution in [0, 0.1) is 6.92 Å². The molecule has 1 atom stereocenters. The van der Waals surface area contributed by atoms with E-state index in [-0.39, 0.29) is 0 Å². The summed E-state index contributed by atoms with van der Waals surface area (Å²) >= 11 is 0. The van der Waals surface area contributed by atoms with Crippen LogP contribution < -0.4 is 10.1 Å². The van der Waals surface area contributed by atoms with E-state index < -0.39 is 0 Å². The minimum Gasteiger partial charge on any atom is -0.478 e. The largest absolute Gasteiger partial charge is 0.478 e. The molecule has 0 amide bonds. The second-order valence-corrected chi connectivity index (χ2v) is 5.29. The van der Waals surface area contributed by atoms with Crippen molar-refractivity contribution in [2.75, 3.05) is 11.9 Å². The first-order chi connectivity index (χ1) is 9.69.